The lowest BCUT2D eigenvalue weighted by Crippen LogP contribution is -2.53. The first-order chi connectivity index (χ1) is 15.0. The van der Waals surface area contributed by atoms with Crippen molar-refractivity contribution >= 4 is 34.8 Å². The Morgan fingerprint density at radius 3 is 2.71 bits per heavy atom. The first-order valence-electron chi connectivity index (χ1n) is 10.1. The number of carbonyl (C=O) groups excluding carboxylic acids is 2. The summed E-state index contributed by atoms with van der Waals surface area (Å²) in [5.41, 5.74) is 0.899. The fourth-order valence-electron chi connectivity index (χ4n) is 3.67. The number of nitrogens with one attached hydrogen (secondary N) is 1. The minimum Gasteiger partial charge on any atom is -0.477 e. The highest BCUT2D eigenvalue weighted by atomic mass is 35.5. The molecule has 0 bridgehead atoms. The molecule has 0 saturated carbocycles. The third-order valence-electron chi connectivity index (χ3n) is 5.27. The van der Waals surface area contributed by atoms with Gasteiger partial charge in [0.1, 0.15) is 11.6 Å². The number of fused-ring (bicyclic) bond motifs is 1. The molecule has 1 N–H and O–H groups in total. The molecule has 1 unspecified atom stereocenters. The third-order valence-corrected chi connectivity index (χ3v) is 5.51. The van der Waals surface area contributed by atoms with Crippen LogP contribution in [0.3, 0.4) is 0 Å². The molecule has 2 aliphatic heterocycles. The molecule has 1 saturated heterocycles. The number of benzene rings is 2. The van der Waals surface area contributed by atoms with Crippen molar-refractivity contribution in [2.75, 3.05) is 49.6 Å². The predicted octanol–water partition coefficient (Wildman–Crippen LogP) is 2.93. The van der Waals surface area contributed by atoms with Crippen molar-refractivity contribution in [2.24, 2.45) is 0 Å². The van der Waals surface area contributed by atoms with E-state index in [2.05, 4.69) is 5.32 Å². The molecular formula is C22H23ClFN3O4. The summed E-state index contributed by atoms with van der Waals surface area (Å²) >= 11 is 5.75. The number of hydrogen-bond acceptors (Lipinski definition) is 5. The van der Waals surface area contributed by atoms with Crippen molar-refractivity contribution in [3.8, 4) is 5.75 Å². The van der Waals surface area contributed by atoms with E-state index in [9.17, 15) is 14.0 Å². The molecule has 0 aliphatic carbocycles. The Balaban J connectivity index is 1.42. The van der Waals surface area contributed by atoms with Gasteiger partial charge in [-0.2, -0.15) is 0 Å². The van der Waals surface area contributed by atoms with Crippen LogP contribution in [0.15, 0.2) is 42.5 Å². The van der Waals surface area contributed by atoms with Gasteiger partial charge in [0.15, 0.2) is 6.10 Å². The average molecular weight is 448 g/mol. The van der Waals surface area contributed by atoms with Gasteiger partial charge >= 0.3 is 0 Å². The fraction of sp³-hybridized carbons (Fsp3) is 0.364. The first-order valence-corrected chi connectivity index (χ1v) is 10.5. The molecule has 164 valence electrons. The number of nitrogens with zero attached hydrogens (tertiary/aromatic N) is 2. The van der Waals surface area contributed by atoms with Gasteiger partial charge in [-0.1, -0.05) is 23.7 Å². The highest BCUT2D eigenvalue weighted by molar-refractivity contribution is 6.30. The number of hydrogen-bond donors (Lipinski definition) is 1. The van der Waals surface area contributed by atoms with E-state index in [1.807, 2.05) is 29.2 Å². The summed E-state index contributed by atoms with van der Waals surface area (Å²) in [4.78, 5) is 29.1. The molecular weight excluding hydrogens is 425 g/mol. The van der Waals surface area contributed by atoms with E-state index in [4.69, 9.17) is 21.1 Å². The molecule has 0 aromatic heterocycles. The number of morpholine rings is 1. The highest BCUT2D eigenvalue weighted by Gasteiger charge is 2.34. The summed E-state index contributed by atoms with van der Waals surface area (Å²) in [6.45, 7) is 2.79. The number of ether oxygens (including phenoxy) is 2. The Bertz CT molecular complexity index is 968. The first kappa shape index (κ1) is 21.4. The number of halogens is 2. The molecule has 2 amide bonds. The van der Waals surface area contributed by atoms with Crippen LogP contribution < -0.4 is 15.0 Å². The average Bonchev–Trinajstić information content (AvgIpc) is 2.79. The normalized spacial score (nSPS) is 18.2. The predicted molar refractivity (Wildman–Crippen MR) is 115 cm³/mol. The molecule has 31 heavy (non-hydrogen) atoms. The Morgan fingerprint density at radius 1 is 1.16 bits per heavy atom. The van der Waals surface area contributed by atoms with Crippen molar-refractivity contribution in [2.45, 2.75) is 12.5 Å². The number of amides is 2. The van der Waals surface area contributed by atoms with Crippen LogP contribution in [0.5, 0.6) is 5.75 Å². The lowest BCUT2D eigenvalue weighted by Gasteiger charge is -2.38. The summed E-state index contributed by atoms with van der Waals surface area (Å²) < 4.78 is 25.2. The van der Waals surface area contributed by atoms with E-state index in [-0.39, 0.29) is 28.9 Å². The number of anilines is 2. The number of carbonyl (C=O) groups is 2. The zero-order valence-corrected chi connectivity index (χ0v) is 17.6. The smallest absolute Gasteiger partial charge is 0.265 e. The largest absolute Gasteiger partial charge is 0.477 e. The Morgan fingerprint density at radius 2 is 1.94 bits per heavy atom. The SMILES string of the molecule is O=C(CCN1CC(C(=O)N2CCOCC2)Oc2ccccc21)Nc1ccc(Cl)cc1F. The molecule has 2 aliphatic rings. The van der Waals surface area contributed by atoms with Gasteiger partial charge in [0, 0.05) is 31.1 Å². The molecule has 0 radical (unpaired) electrons. The third kappa shape index (κ3) is 5.08. The number of rotatable bonds is 5. The zero-order chi connectivity index (χ0) is 21.8. The quantitative estimate of drug-likeness (QED) is 0.763. The second-order valence-electron chi connectivity index (χ2n) is 7.38. The van der Waals surface area contributed by atoms with E-state index >= 15 is 0 Å². The maximum atomic E-state index is 13.9. The monoisotopic (exact) mass is 447 g/mol. The maximum Gasteiger partial charge on any atom is 0.265 e. The van der Waals surface area contributed by atoms with Gasteiger partial charge in [-0.25, -0.2) is 4.39 Å². The lowest BCUT2D eigenvalue weighted by molar-refractivity contribution is -0.142. The standard InChI is InChI=1S/C22H23ClFN3O4/c23-15-5-6-17(16(24)13-15)25-21(28)7-8-27-14-20(22(29)26-9-11-30-12-10-26)31-19-4-2-1-3-18(19)27/h1-6,13,20H,7-12,14H2,(H,25,28). The molecule has 2 aromatic carbocycles. The summed E-state index contributed by atoms with van der Waals surface area (Å²) in [6, 6.07) is 11.5. The summed E-state index contributed by atoms with van der Waals surface area (Å²) in [6.07, 6.45) is -0.542. The Hall–Kier alpha value is -2.84. The van der Waals surface area contributed by atoms with Crippen LogP contribution in [0, 0.1) is 5.82 Å². The summed E-state index contributed by atoms with van der Waals surface area (Å²) in [5.74, 6) is -0.407. The molecule has 2 heterocycles. The van der Waals surface area contributed by atoms with Gasteiger partial charge < -0.3 is 24.6 Å². The lowest BCUT2D eigenvalue weighted by atomic mass is 10.1. The zero-order valence-electron chi connectivity index (χ0n) is 16.9. The van der Waals surface area contributed by atoms with Crippen LogP contribution in [-0.2, 0) is 14.3 Å². The molecule has 1 atom stereocenters. The molecule has 4 rings (SSSR count). The van der Waals surface area contributed by atoms with E-state index in [1.54, 1.807) is 4.90 Å². The van der Waals surface area contributed by atoms with Crippen molar-refractivity contribution < 1.29 is 23.5 Å². The summed E-state index contributed by atoms with van der Waals surface area (Å²) in [7, 11) is 0. The fourth-order valence-corrected chi connectivity index (χ4v) is 3.83. The molecule has 9 heteroatoms. The Labute approximate surface area is 184 Å². The minimum atomic E-state index is -0.662. The topological polar surface area (TPSA) is 71.1 Å². The Kier molecular flexibility index (Phi) is 6.58. The van der Waals surface area contributed by atoms with Crippen LogP contribution >= 0.6 is 11.6 Å². The second-order valence-corrected chi connectivity index (χ2v) is 7.82. The number of para-hydroxylation sites is 2. The molecule has 7 nitrogen and oxygen atoms in total. The van der Waals surface area contributed by atoms with Gasteiger partial charge in [0.25, 0.3) is 5.91 Å². The van der Waals surface area contributed by atoms with E-state index in [0.717, 1.165) is 11.8 Å². The van der Waals surface area contributed by atoms with E-state index < -0.39 is 11.9 Å². The van der Waals surface area contributed by atoms with Gasteiger partial charge in [-0.3, -0.25) is 9.59 Å². The highest BCUT2D eigenvalue weighted by Crippen LogP contribution is 2.33. The van der Waals surface area contributed by atoms with Crippen LogP contribution in [0.1, 0.15) is 6.42 Å². The second kappa shape index (κ2) is 9.53. The summed E-state index contributed by atoms with van der Waals surface area (Å²) in [5, 5.41) is 2.83. The van der Waals surface area contributed by atoms with Crippen molar-refractivity contribution in [3.05, 3.63) is 53.3 Å². The molecule has 1 fully saturated rings. The van der Waals surface area contributed by atoms with E-state index in [0.29, 0.717) is 45.1 Å². The van der Waals surface area contributed by atoms with Crippen molar-refractivity contribution in [1.29, 1.82) is 0 Å². The van der Waals surface area contributed by atoms with Gasteiger partial charge in [-0.05, 0) is 30.3 Å². The maximum absolute atomic E-state index is 13.9. The van der Waals surface area contributed by atoms with E-state index in [1.165, 1.54) is 12.1 Å². The van der Waals surface area contributed by atoms with Crippen molar-refractivity contribution in [1.82, 2.24) is 4.90 Å². The van der Waals surface area contributed by atoms with Gasteiger partial charge in [-0.15, -0.1) is 0 Å². The minimum absolute atomic E-state index is 0.0807. The van der Waals surface area contributed by atoms with Crippen molar-refractivity contribution in [3.63, 3.8) is 0 Å². The van der Waals surface area contributed by atoms with Gasteiger partial charge in [0.2, 0.25) is 5.91 Å². The van der Waals surface area contributed by atoms with Gasteiger partial charge in [0.05, 0.1) is 31.1 Å². The molecule has 2 aromatic rings. The van der Waals surface area contributed by atoms with Crippen LogP contribution in [-0.4, -0.2) is 62.2 Å². The van der Waals surface area contributed by atoms with Crippen LogP contribution in [0.2, 0.25) is 5.02 Å². The van der Waals surface area contributed by atoms with Crippen LogP contribution in [0.4, 0.5) is 15.8 Å². The van der Waals surface area contributed by atoms with Crippen LogP contribution in [0.25, 0.3) is 0 Å². The molecule has 0 spiro atoms.